The summed E-state index contributed by atoms with van der Waals surface area (Å²) in [6.45, 7) is 2.38. The first kappa shape index (κ1) is 21.8. The van der Waals surface area contributed by atoms with Crippen LogP contribution in [0.15, 0.2) is 79.3 Å². The highest BCUT2D eigenvalue weighted by molar-refractivity contribution is 6.00. The number of hydrogen-bond donors (Lipinski definition) is 0. The second kappa shape index (κ2) is 9.49. The third kappa shape index (κ3) is 4.51. The average Bonchev–Trinajstić information content (AvgIpc) is 3.65. The number of rotatable bonds is 7. The summed E-state index contributed by atoms with van der Waals surface area (Å²) in [5.41, 5.74) is 7.13. The molecule has 4 aromatic rings. The first-order chi connectivity index (χ1) is 17.2. The molecule has 6 rings (SSSR count). The molecule has 5 heteroatoms. The van der Waals surface area contributed by atoms with Gasteiger partial charge in [-0.05, 0) is 48.4 Å². The van der Waals surface area contributed by atoms with Crippen LogP contribution >= 0.6 is 0 Å². The lowest BCUT2D eigenvalue weighted by Gasteiger charge is -2.15. The molecule has 0 saturated heterocycles. The van der Waals surface area contributed by atoms with Crippen molar-refractivity contribution >= 4 is 5.91 Å². The molecule has 1 aliphatic carbocycles. The Labute approximate surface area is 206 Å². The Bertz CT molecular complexity index is 1340. The van der Waals surface area contributed by atoms with Crippen LogP contribution in [0.25, 0.3) is 22.4 Å². The fourth-order valence-electron chi connectivity index (χ4n) is 5.53. The molecule has 0 atom stereocenters. The second-order valence-electron chi connectivity index (χ2n) is 9.84. The van der Waals surface area contributed by atoms with E-state index in [2.05, 4.69) is 46.3 Å². The molecule has 1 fully saturated rings. The van der Waals surface area contributed by atoms with Gasteiger partial charge in [-0.3, -0.25) is 14.5 Å². The van der Waals surface area contributed by atoms with Gasteiger partial charge in [-0.15, -0.1) is 0 Å². The maximum atomic E-state index is 13.2. The molecule has 35 heavy (non-hydrogen) atoms. The Morgan fingerprint density at radius 3 is 2.63 bits per heavy atom. The van der Waals surface area contributed by atoms with Gasteiger partial charge in [-0.2, -0.15) is 5.10 Å². The van der Waals surface area contributed by atoms with Crippen molar-refractivity contribution in [1.82, 2.24) is 19.7 Å². The summed E-state index contributed by atoms with van der Waals surface area (Å²) >= 11 is 0. The molecular weight excluding hydrogens is 432 g/mol. The van der Waals surface area contributed by atoms with Crippen LogP contribution in [0.4, 0.5) is 0 Å². The third-order valence-corrected chi connectivity index (χ3v) is 7.45. The van der Waals surface area contributed by atoms with E-state index in [1.54, 1.807) is 0 Å². The van der Waals surface area contributed by atoms with E-state index in [9.17, 15) is 4.79 Å². The molecule has 0 N–H and O–H groups in total. The third-order valence-electron chi connectivity index (χ3n) is 7.45. The van der Waals surface area contributed by atoms with Gasteiger partial charge < -0.3 is 4.90 Å². The number of benzene rings is 2. The van der Waals surface area contributed by atoms with Crippen molar-refractivity contribution in [3.05, 3.63) is 95.9 Å². The van der Waals surface area contributed by atoms with Crippen molar-refractivity contribution in [3.63, 3.8) is 0 Å². The Morgan fingerprint density at radius 1 is 0.914 bits per heavy atom. The van der Waals surface area contributed by atoms with Gasteiger partial charge in [-0.25, -0.2) is 0 Å². The fraction of sp³-hybridized carbons (Fsp3) is 0.300. The van der Waals surface area contributed by atoms with Crippen LogP contribution < -0.4 is 0 Å². The molecule has 2 aromatic carbocycles. The Hall–Kier alpha value is -3.73. The topological polar surface area (TPSA) is 51.0 Å². The highest BCUT2D eigenvalue weighted by atomic mass is 16.2. The number of fused-ring (bicyclic) bond motifs is 1. The van der Waals surface area contributed by atoms with E-state index >= 15 is 0 Å². The summed E-state index contributed by atoms with van der Waals surface area (Å²) in [6, 6.07) is 20.6. The zero-order chi connectivity index (χ0) is 23.6. The predicted molar refractivity (Wildman–Crippen MR) is 138 cm³/mol. The minimum atomic E-state index is 0.111. The number of amides is 1. The summed E-state index contributed by atoms with van der Waals surface area (Å²) < 4.78 is 2.08. The van der Waals surface area contributed by atoms with E-state index in [0.29, 0.717) is 6.54 Å². The van der Waals surface area contributed by atoms with Crippen molar-refractivity contribution in [1.29, 1.82) is 0 Å². The molecule has 1 amide bonds. The van der Waals surface area contributed by atoms with E-state index in [4.69, 9.17) is 4.98 Å². The van der Waals surface area contributed by atoms with Crippen LogP contribution in [0.5, 0.6) is 0 Å². The summed E-state index contributed by atoms with van der Waals surface area (Å²) in [6.07, 6.45) is 12.1. The highest BCUT2D eigenvalue weighted by Gasteiger charge is 2.28. The summed E-state index contributed by atoms with van der Waals surface area (Å²) in [5, 5.41) is 4.64. The number of pyridine rings is 1. The number of aromatic nitrogens is 3. The molecule has 2 aromatic heterocycles. The van der Waals surface area contributed by atoms with E-state index in [1.165, 1.54) is 31.2 Å². The Kier molecular flexibility index (Phi) is 5.91. The lowest BCUT2D eigenvalue weighted by Crippen LogP contribution is -2.26. The van der Waals surface area contributed by atoms with E-state index in [-0.39, 0.29) is 5.91 Å². The normalized spacial score (nSPS) is 15.7. The quantitative estimate of drug-likeness (QED) is 0.338. The molecule has 176 valence electrons. The molecule has 0 bridgehead atoms. The van der Waals surface area contributed by atoms with E-state index < -0.39 is 0 Å². The molecule has 5 nitrogen and oxygen atoms in total. The molecular formula is C30H30N4O. The molecule has 0 unspecified atom stereocenters. The van der Waals surface area contributed by atoms with Crippen LogP contribution in [-0.4, -0.2) is 32.1 Å². The lowest BCUT2D eigenvalue weighted by atomic mass is 9.98. The first-order valence-electron chi connectivity index (χ1n) is 12.7. The van der Waals surface area contributed by atoms with Gasteiger partial charge in [0, 0.05) is 54.3 Å². The zero-order valence-electron chi connectivity index (χ0n) is 19.9. The van der Waals surface area contributed by atoms with Crippen molar-refractivity contribution in [2.24, 2.45) is 5.92 Å². The smallest absolute Gasteiger partial charge is 0.254 e. The standard InChI is InChI=1S/C30H30N4O/c35-30-28-17-24(12-13-25(28)20-33(30)16-14-22-7-2-1-3-8-22)29-27(11-6-15-31-29)26-18-32-34(21-26)19-23-9-4-5-10-23/h1-3,6-8,11-13,15,17-18,21,23H,4-5,9-10,14,16,19-20H2. The van der Waals surface area contributed by atoms with Crippen molar-refractivity contribution in [2.75, 3.05) is 6.54 Å². The average molecular weight is 463 g/mol. The van der Waals surface area contributed by atoms with Gasteiger partial charge >= 0.3 is 0 Å². The van der Waals surface area contributed by atoms with E-state index in [1.807, 2.05) is 47.6 Å². The van der Waals surface area contributed by atoms with Crippen LogP contribution in [-0.2, 0) is 19.5 Å². The largest absolute Gasteiger partial charge is 0.334 e. The maximum absolute atomic E-state index is 13.2. The summed E-state index contributed by atoms with van der Waals surface area (Å²) in [5.74, 6) is 0.850. The lowest BCUT2D eigenvalue weighted by molar-refractivity contribution is 0.0780. The Morgan fingerprint density at radius 2 is 1.77 bits per heavy atom. The number of hydrogen-bond acceptors (Lipinski definition) is 3. The first-order valence-corrected chi connectivity index (χ1v) is 12.7. The van der Waals surface area contributed by atoms with E-state index in [0.717, 1.165) is 58.9 Å². The highest BCUT2D eigenvalue weighted by Crippen LogP contribution is 2.34. The molecule has 1 saturated carbocycles. The van der Waals surface area contributed by atoms with Gasteiger partial charge in [0.1, 0.15) is 0 Å². The minimum absolute atomic E-state index is 0.111. The zero-order valence-corrected chi connectivity index (χ0v) is 19.9. The van der Waals surface area contributed by atoms with Gasteiger partial charge in [0.05, 0.1) is 11.9 Å². The second-order valence-corrected chi connectivity index (χ2v) is 9.84. The Balaban J connectivity index is 1.23. The van der Waals surface area contributed by atoms with Crippen molar-refractivity contribution < 1.29 is 4.79 Å². The van der Waals surface area contributed by atoms with Crippen LogP contribution in [0.2, 0.25) is 0 Å². The SMILES string of the molecule is O=C1c2cc(-c3ncccc3-c3cnn(CC4CCCC4)c3)ccc2CN1CCc1ccccc1. The summed E-state index contributed by atoms with van der Waals surface area (Å²) in [7, 11) is 0. The number of nitrogens with zero attached hydrogens (tertiary/aromatic N) is 4. The molecule has 0 radical (unpaired) electrons. The van der Waals surface area contributed by atoms with Gasteiger partial charge in [-0.1, -0.05) is 61.4 Å². The van der Waals surface area contributed by atoms with Gasteiger partial charge in [0.15, 0.2) is 0 Å². The number of carbonyl (C=O) groups excluding carboxylic acids is 1. The van der Waals surface area contributed by atoms with Gasteiger partial charge in [0.25, 0.3) is 5.91 Å². The van der Waals surface area contributed by atoms with Gasteiger partial charge in [0.2, 0.25) is 0 Å². The maximum Gasteiger partial charge on any atom is 0.254 e. The van der Waals surface area contributed by atoms with Crippen LogP contribution in [0.1, 0.15) is 47.2 Å². The molecule has 2 aliphatic rings. The van der Waals surface area contributed by atoms with Crippen LogP contribution in [0.3, 0.4) is 0 Å². The molecule has 1 aliphatic heterocycles. The number of carbonyl (C=O) groups is 1. The van der Waals surface area contributed by atoms with Crippen LogP contribution in [0, 0.1) is 5.92 Å². The minimum Gasteiger partial charge on any atom is -0.334 e. The van der Waals surface area contributed by atoms with Crippen molar-refractivity contribution in [2.45, 2.75) is 45.2 Å². The molecule has 0 spiro atoms. The fourth-order valence-corrected chi connectivity index (χ4v) is 5.53. The predicted octanol–water partition coefficient (Wildman–Crippen LogP) is 6.00. The molecule has 3 heterocycles. The summed E-state index contributed by atoms with van der Waals surface area (Å²) in [4.78, 5) is 19.9. The monoisotopic (exact) mass is 462 g/mol. The van der Waals surface area contributed by atoms with Crippen molar-refractivity contribution in [3.8, 4) is 22.4 Å².